The van der Waals surface area contributed by atoms with Gasteiger partial charge in [-0.2, -0.15) is 10.2 Å². The third kappa shape index (κ3) is 3.47. The van der Waals surface area contributed by atoms with Gasteiger partial charge in [0, 0.05) is 23.7 Å². The van der Waals surface area contributed by atoms with Crippen LogP contribution in [0, 0.1) is 13.8 Å². The summed E-state index contributed by atoms with van der Waals surface area (Å²) in [5.74, 6) is 1.20. The Bertz CT molecular complexity index is 1190. The highest BCUT2D eigenvalue weighted by molar-refractivity contribution is 5.99. The molecule has 0 bridgehead atoms. The minimum absolute atomic E-state index is 0.119. The molecule has 0 saturated carbocycles. The van der Waals surface area contributed by atoms with E-state index < -0.39 is 0 Å². The maximum absolute atomic E-state index is 12.7. The Labute approximate surface area is 168 Å². The summed E-state index contributed by atoms with van der Waals surface area (Å²) in [6, 6.07) is 15.6. The molecule has 0 saturated heterocycles. The van der Waals surface area contributed by atoms with E-state index in [9.17, 15) is 4.79 Å². The lowest BCUT2D eigenvalue weighted by atomic mass is 10.0. The van der Waals surface area contributed by atoms with Gasteiger partial charge in [-0.05, 0) is 43.7 Å². The van der Waals surface area contributed by atoms with Crippen LogP contribution < -0.4 is 10.1 Å². The molecule has 0 atom stereocenters. The molecule has 0 aliphatic rings. The first-order valence-electron chi connectivity index (χ1n) is 9.38. The molecule has 2 aromatic carbocycles. The minimum Gasteiger partial charge on any atom is -0.497 e. The minimum atomic E-state index is -0.166. The Kier molecular flexibility index (Phi) is 4.80. The van der Waals surface area contributed by atoms with Crippen LogP contribution in [-0.2, 0) is 18.4 Å². The van der Waals surface area contributed by atoms with Crippen LogP contribution >= 0.6 is 0 Å². The number of amides is 1. The Morgan fingerprint density at radius 3 is 2.52 bits per heavy atom. The monoisotopic (exact) mass is 389 g/mol. The summed E-state index contributed by atoms with van der Waals surface area (Å²) < 4.78 is 8.72. The quantitative estimate of drug-likeness (QED) is 0.565. The molecular formula is C22H23N5O2. The van der Waals surface area contributed by atoms with Crippen LogP contribution in [0.5, 0.6) is 5.75 Å². The van der Waals surface area contributed by atoms with E-state index in [1.165, 1.54) is 0 Å². The van der Waals surface area contributed by atoms with Gasteiger partial charge in [-0.1, -0.05) is 24.3 Å². The lowest BCUT2D eigenvalue weighted by Gasteiger charge is -2.07. The molecule has 29 heavy (non-hydrogen) atoms. The van der Waals surface area contributed by atoms with Crippen LogP contribution in [-0.4, -0.2) is 32.6 Å². The number of fused-ring (bicyclic) bond motifs is 1. The van der Waals surface area contributed by atoms with E-state index >= 15 is 0 Å². The number of carbonyl (C=O) groups excluding carboxylic acids is 1. The Morgan fingerprint density at radius 2 is 1.79 bits per heavy atom. The third-order valence-electron chi connectivity index (χ3n) is 5.07. The van der Waals surface area contributed by atoms with Crippen molar-refractivity contribution in [2.45, 2.75) is 20.4 Å². The highest BCUT2D eigenvalue weighted by Gasteiger charge is 2.17. The molecule has 1 amide bonds. The van der Waals surface area contributed by atoms with Crippen molar-refractivity contribution in [1.29, 1.82) is 0 Å². The van der Waals surface area contributed by atoms with Gasteiger partial charge in [0.1, 0.15) is 12.3 Å². The highest BCUT2D eigenvalue weighted by Crippen LogP contribution is 2.28. The van der Waals surface area contributed by atoms with E-state index in [0.29, 0.717) is 5.82 Å². The molecule has 4 aromatic rings. The standard InChI is InChI=1S/C22H23N5O2/c1-14-21(16-9-11-17(29-4)12-10-16)15(2)27(24-14)13-20(28)23-22-18-7-5-6-8-19(18)26(3)25-22/h5-12H,13H2,1-4H3,(H,23,25,28). The number of hydrogen-bond acceptors (Lipinski definition) is 4. The number of hydrogen-bond donors (Lipinski definition) is 1. The van der Waals surface area contributed by atoms with E-state index in [2.05, 4.69) is 15.5 Å². The van der Waals surface area contributed by atoms with Gasteiger partial charge in [0.05, 0.1) is 18.3 Å². The number of rotatable bonds is 5. The van der Waals surface area contributed by atoms with Crippen LogP contribution in [0.15, 0.2) is 48.5 Å². The fourth-order valence-electron chi connectivity index (χ4n) is 3.64. The number of aromatic nitrogens is 4. The van der Waals surface area contributed by atoms with Crippen LogP contribution in [0.4, 0.5) is 5.82 Å². The summed E-state index contributed by atoms with van der Waals surface area (Å²) in [4.78, 5) is 12.7. The molecule has 1 N–H and O–H groups in total. The smallest absolute Gasteiger partial charge is 0.247 e. The number of nitrogens with one attached hydrogen (secondary N) is 1. The number of carbonyl (C=O) groups is 1. The SMILES string of the molecule is COc1ccc(-c2c(C)nn(CC(=O)Nc3nn(C)c4ccccc34)c2C)cc1. The fourth-order valence-corrected chi connectivity index (χ4v) is 3.64. The van der Waals surface area contributed by atoms with Crippen molar-refractivity contribution in [3.05, 3.63) is 59.9 Å². The lowest BCUT2D eigenvalue weighted by molar-refractivity contribution is -0.117. The van der Waals surface area contributed by atoms with Crippen molar-refractivity contribution in [3.63, 3.8) is 0 Å². The molecule has 7 nitrogen and oxygen atoms in total. The Morgan fingerprint density at radius 1 is 1.07 bits per heavy atom. The molecule has 2 aromatic heterocycles. The molecule has 0 aliphatic carbocycles. The molecule has 0 spiro atoms. The fraction of sp³-hybridized carbons (Fsp3) is 0.227. The van der Waals surface area contributed by atoms with Gasteiger partial charge in [-0.15, -0.1) is 0 Å². The van der Waals surface area contributed by atoms with Gasteiger partial charge in [0.15, 0.2) is 5.82 Å². The average Bonchev–Trinajstić information content (AvgIpc) is 3.18. The van der Waals surface area contributed by atoms with Crippen molar-refractivity contribution in [2.75, 3.05) is 12.4 Å². The summed E-state index contributed by atoms with van der Waals surface area (Å²) in [7, 11) is 3.51. The predicted octanol–water partition coefficient (Wildman–Crippen LogP) is 3.70. The van der Waals surface area contributed by atoms with Gasteiger partial charge in [-0.25, -0.2) is 0 Å². The first-order valence-corrected chi connectivity index (χ1v) is 9.38. The van der Waals surface area contributed by atoms with E-state index in [1.807, 2.05) is 69.4 Å². The van der Waals surface area contributed by atoms with E-state index in [-0.39, 0.29) is 12.5 Å². The molecule has 7 heteroatoms. The zero-order chi connectivity index (χ0) is 20.5. The van der Waals surface area contributed by atoms with Crippen molar-refractivity contribution in [1.82, 2.24) is 19.6 Å². The maximum atomic E-state index is 12.7. The summed E-state index contributed by atoms with van der Waals surface area (Å²) in [5.41, 5.74) is 4.86. The number of methoxy groups -OCH3 is 1. The van der Waals surface area contributed by atoms with Gasteiger partial charge < -0.3 is 10.1 Å². The number of para-hydroxylation sites is 1. The van der Waals surface area contributed by atoms with Crippen molar-refractivity contribution >= 4 is 22.6 Å². The Balaban J connectivity index is 1.57. The molecule has 0 unspecified atom stereocenters. The molecule has 0 fully saturated rings. The van der Waals surface area contributed by atoms with Crippen LogP contribution in [0.1, 0.15) is 11.4 Å². The second-order valence-corrected chi connectivity index (χ2v) is 6.97. The predicted molar refractivity (Wildman–Crippen MR) is 113 cm³/mol. The van der Waals surface area contributed by atoms with Crippen molar-refractivity contribution in [2.24, 2.45) is 7.05 Å². The molecule has 4 rings (SSSR count). The maximum Gasteiger partial charge on any atom is 0.247 e. The first kappa shape index (κ1) is 18.7. The van der Waals surface area contributed by atoms with Crippen LogP contribution in [0.25, 0.3) is 22.0 Å². The van der Waals surface area contributed by atoms with Crippen molar-refractivity contribution < 1.29 is 9.53 Å². The Hall–Kier alpha value is -3.61. The van der Waals surface area contributed by atoms with Crippen LogP contribution in [0.3, 0.4) is 0 Å². The number of ether oxygens (including phenoxy) is 1. The highest BCUT2D eigenvalue weighted by atomic mass is 16.5. The first-order chi connectivity index (χ1) is 14.0. The molecular weight excluding hydrogens is 366 g/mol. The summed E-state index contributed by atoms with van der Waals surface area (Å²) in [6.07, 6.45) is 0. The molecule has 148 valence electrons. The number of benzene rings is 2. The van der Waals surface area contributed by atoms with Crippen LogP contribution in [0.2, 0.25) is 0 Å². The lowest BCUT2D eigenvalue weighted by Crippen LogP contribution is -2.20. The second kappa shape index (κ2) is 7.43. The topological polar surface area (TPSA) is 74.0 Å². The van der Waals surface area contributed by atoms with E-state index in [0.717, 1.165) is 39.2 Å². The number of aryl methyl sites for hydroxylation is 2. The van der Waals surface area contributed by atoms with Gasteiger partial charge in [-0.3, -0.25) is 14.2 Å². The van der Waals surface area contributed by atoms with Gasteiger partial charge in [0.25, 0.3) is 0 Å². The average molecular weight is 389 g/mol. The molecule has 0 aliphatic heterocycles. The number of nitrogens with zero attached hydrogens (tertiary/aromatic N) is 4. The zero-order valence-electron chi connectivity index (χ0n) is 16.9. The summed E-state index contributed by atoms with van der Waals surface area (Å²) in [6.45, 7) is 4.05. The second-order valence-electron chi connectivity index (χ2n) is 6.97. The third-order valence-corrected chi connectivity index (χ3v) is 5.07. The van der Waals surface area contributed by atoms with E-state index in [4.69, 9.17) is 4.74 Å². The largest absolute Gasteiger partial charge is 0.497 e. The van der Waals surface area contributed by atoms with E-state index in [1.54, 1.807) is 16.5 Å². The van der Waals surface area contributed by atoms with Gasteiger partial charge in [0.2, 0.25) is 5.91 Å². The normalized spacial score (nSPS) is 11.0. The molecule has 0 radical (unpaired) electrons. The molecule has 2 heterocycles. The van der Waals surface area contributed by atoms with Crippen molar-refractivity contribution in [3.8, 4) is 16.9 Å². The zero-order valence-corrected chi connectivity index (χ0v) is 16.9. The van der Waals surface area contributed by atoms with Gasteiger partial charge >= 0.3 is 0 Å². The number of anilines is 1. The summed E-state index contributed by atoms with van der Waals surface area (Å²) in [5, 5.41) is 12.8. The summed E-state index contributed by atoms with van der Waals surface area (Å²) >= 11 is 0.